The second kappa shape index (κ2) is 5.37. The van der Waals surface area contributed by atoms with Crippen LogP contribution in [0.25, 0.3) is 0 Å². The molecule has 13 heavy (non-hydrogen) atoms. The Morgan fingerprint density at radius 3 is 2.85 bits per heavy atom. The normalized spacial score (nSPS) is 9.08. The molecule has 0 fully saturated rings. The molecule has 1 heteroatoms. The highest BCUT2D eigenvalue weighted by Gasteiger charge is 1.86. The number of hydrogen-bond donors (Lipinski definition) is 0. The van der Waals surface area contributed by atoms with Crippen molar-refractivity contribution in [1.29, 1.82) is 0 Å². The van der Waals surface area contributed by atoms with E-state index in [-0.39, 0.29) is 0 Å². The fourth-order valence-corrected chi connectivity index (χ4v) is 0.960. The number of pyridine rings is 1. The Hall–Kier alpha value is -1.29. The van der Waals surface area contributed by atoms with Gasteiger partial charge in [0.2, 0.25) is 0 Å². The van der Waals surface area contributed by atoms with Crippen molar-refractivity contribution in [2.24, 2.45) is 0 Å². The topological polar surface area (TPSA) is 12.9 Å². The quantitative estimate of drug-likeness (QED) is 0.495. The molecule has 68 valence electrons. The Morgan fingerprint density at radius 2 is 2.23 bits per heavy atom. The molecule has 0 aliphatic carbocycles. The second-order valence-electron chi connectivity index (χ2n) is 3.13. The van der Waals surface area contributed by atoms with E-state index in [0.29, 0.717) is 0 Å². The van der Waals surface area contributed by atoms with Gasteiger partial charge in [-0.1, -0.05) is 25.3 Å². The summed E-state index contributed by atoms with van der Waals surface area (Å²) in [6, 6.07) is 4.01. The average Bonchev–Trinajstić information content (AvgIpc) is 2.15. The van der Waals surface area contributed by atoms with Crippen LogP contribution in [0.1, 0.15) is 37.4 Å². The van der Waals surface area contributed by atoms with E-state index in [0.717, 1.165) is 12.1 Å². The molecule has 1 aromatic rings. The molecule has 0 aromatic carbocycles. The van der Waals surface area contributed by atoms with Crippen molar-refractivity contribution in [3.05, 3.63) is 29.6 Å². The summed E-state index contributed by atoms with van der Waals surface area (Å²) in [6.07, 6.45) is 5.21. The SMILES string of the molecule is CCCCC#Cc1ccc(C)cn1. The van der Waals surface area contributed by atoms with Gasteiger partial charge in [-0.15, -0.1) is 0 Å². The van der Waals surface area contributed by atoms with Crippen molar-refractivity contribution in [3.63, 3.8) is 0 Å². The molecule has 1 nitrogen and oxygen atoms in total. The molecule has 1 heterocycles. The Morgan fingerprint density at radius 1 is 1.38 bits per heavy atom. The second-order valence-corrected chi connectivity index (χ2v) is 3.13. The molecule has 0 spiro atoms. The summed E-state index contributed by atoms with van der Waals surface area (Å²) in [5.74, 6) is 6.16. The molecular formula is C12H15N. The predicted molar refractivity (Wildman–Crippen MR) is 55.4 cm³/mol. The highest BCUT2D eigenvalue weighted by molar-refractivity contribution is 5.28. The molecular weight excluding hydrogens is 158 g/mol. The van der Waals surface area contributed by atoms with Gasteiger partial charge < -0.3 is 0 Å². The van der Waals surface area contributed by atoms with E-state index >= 15 is 0 Å². The summed E-state index contributed by atoms with van der Waals surface area (Å²) in [4.78, 5) is 4.20. The van der Waals surface area contributed by atoms with Crippen molar-refractivity contribution in [1.82, 2.24) is 4.98 Å². The van der Waals surface area contributed by atoms with E-state index in [1.54, 1.807) is 0 Å². The van der Waals surface area contributed by atoms with E-state index in [2.05, 4.69) is 23.7 Å². The van der Waals surface area contributed by atoms with Crippen molar-refractivity contribution in [2.75, 3.05) is 0 Å². The van der Waals surface area contributed by atoms with Crippen molar-refractivity contribution in [2.45, 2.75) is 33.1 Å². The Bertz CT molecular complexity index is 300. The van der Waals surface area contributed by atoms with Crippen LogP contribution >= 0.6 is 0 Å². The third-order valence-corrected chi connectivity index (χ3v) is 1.78. The summed E-state index contributed by atoms with van der Waals surface area (Å²) in [6.45, 7) is 4.20. The lowest BCUT2D eigenvalue weighted by atomic mass is 10.2. The van der Waals surface area contributed by atoms with Crippen molar-refractivity contribution >= 4 is 0 Å². The lowest BCUT2D eigenvalue weighted by Gasteiger charge is -1.90. The largest absolute Gasteiger partial charge is 0.248 e. The van der Waals surface area contributed by atoms with Crippen LogP contribution in [0.5, 0.6) is 0 Å². The van der Waals surface area contributed by atoms with Gasteiger partial charge in [0.25, 0.3) is 0 Å². The standard InChI is InChI=1S/C12H15N/c1-3-4-5-6-7-12-9-8-11(2)10-13-12/h8-10H,3-5H2,1-2H3. The van der Waals surface area contributed by atoms with Crippen LogP contribution in [0.3, 0.4) is 0 Å². The zero-order valence-electron chi connectivity index (χ0n) is 8.30. The summed E-state index contributed by atoms with van der Waals surface area (Å²) in [7, 11) is 0. The number of rotatable bonds is 2. The fourth-order valence-electron chi connectivity index (χ4n) is 0.960. The zero-order chi connectivity index (χ0) is 9.52. The van der Waals surface area contributed by atoms with Gasteiger partial charge in [0.1, 0.15) is 5.69 Å². The number of unbranched alkanes of at least 4 members (excludes halogenated alkanes) is 2. The number of hydrogen-bond acceptors (Lipinski definition) is 1. The molecule has 0 aliphatic rings. The average molecular weight is 173 g/mol. The molecule has 0 N–H and O–H groups in total. The smallest absolute Gasteiger partial charge is 0.113 e. The first-order chi connectivity index (χ1) is 6.33. The number of nitrogens with zero attached hydrogens (tertiary/aromatic N) is 1. The van der Waals surface area contributed by atoms with Crippen LogP contribution in [-0.2, 0) is 0 Å². The van der Waals surface area contributed by atoms with E-state index in [4.69, 9.17) is 0 Å². The van der Waals surface area contributed by atoms with Gasteiger partial charge in [-0.05, 0) is 30.9 Å². The summed E-state index contributed by atoms with van der Waals surface area (Å²) in [5.41, 5.74) is 2.06. The van der Waals surface area contributed by atoms with E-state index in [1.807, 2.05) is 25.3 Å². The third kappa shape index (κ3) is 3.75. The molecule has 0 saturated heterocycles. The van der Waals surface area contributed by atoms with Crippen LogP contribution in [0.2, 0.25) is 0 Å². The van der Waals surface area contributed by atoms with Crippen LogP contribution in [0.15, 0.2) is 18.3 Å². The van der Waals surface area contributed by atoms with Gasteiger partial charge in [0, 0.05) is 12.6 Å². The number of aromatic nitrogens is 1. The lowest BCUT2D eigenvalue weighted by Crippen LogP contribution is -1.81. The minimum absolute atomic E-state index is 0.877. The monoisotopic (exact) mass is 173 g/mol. The maximum atomic E-state index is 4.20. The Balaban J connectivity index is 2.52. The minimum Gasteiger partial charge on any atom is -0.248 e. The van der Waals surface area contributed by atoms with Crippen LogP contribution in [0, 0.1) is 18.8 Å². The van der Waals surface area contributed by atoms with Gasteiger partial charge in [-0.3, -0.25) is 0 Å². The molecule has 0 atom stereocenters. The minimum atomic E-state index is 0.877. The molecule has 0 radical (unpaired) electrons. The lowest BCUT2D eigenvalue weighted by molar-refractivity contribution is 0.828. The maximum absolute atomic E-state index is 4.20. The fraction of sp³-hybridized carbons (Fsp3) is 0.417. The molecule has 1 aromatic heterocycles. The van der Waals surface area contributed by atoms with Crippen LogP contribution < -0.4 is 0 Å². The van der Waals surface area contributed by atoms with Crippen molar-refractivity contribution < 1.29 is 0 Å². The molecule has 1 rings (SSSR count). The zero-order valence-corrected chi connectivity index (χ0v) is 8.30. The third-order valence-electron chi connectivity index (χ3n) is 1.78. The molecule has 0 bridgehead atoms. The van der Waals surface area contributed by atoms with Gasteiger partial charge in [0.05, 0.1) is 0 Å². The van der Waals surface area contributed by atoms with Gasteiger partial charge in [-0.2, -0.15) is 0 Å². The Kier molecular flexibility index (Phi) is 4.05. The summed E-state index contributed by atoms with van der Waals surface area (Å²) in [5, 5.41) is 0. The van der Waals surface area contributed by atoms with Crippen LogP contribution in [-0.4, -0.2) is 4.98 Å². The van der Waals surface area contributed by atoms with Gasteiger partial charge >= 0.3 is 0 Å². The first kappa shape index (κ1) is 9.80. The van der Waals surface area contributed by atoms with Gasteiger partial charge in [-0.25, -0.2) is 4.98 Å². The molecule has 0 aliphatic heterocycles. The molecule has 0 amide bonds. The van der Waals surface area contributed by atoms with E-state index < -0.39 is 0 Å². The van der Waals surface area contributed by atoms with E-state index in [1.165, 1.54) is 18.4 Å². The van der Waals surface area contributed by atoms with E-state index in [9.17, 15) is 0 Å². The maximum Gasteiger partial charge on any atom is 0.113 e. The van der Waals surface area contributed by atoms with Crippen LogP contribution in [0.4, 0.5) is 0 Å². The number of aryl methyl sites for hydroxylation is 1. The summed E-state index contributed by atoms with van der Waals surface area (Å²) < 4.78 is 0. The highest BCUT2D eigenvalue weighted by Crippen LogP contribution is 1.97. The Labute approximate surface area is 80.2 Å². The molecule has 0 saturated carbocycles. The molecule has 0 unspecified atom stereocenters. The summed E-state index contributed by atoms with van der Waals surface area (Å²) >= 11 is 0. The van der Waals surface area contributed by atoms with Gasteiger partial charge in [0.15, 0.2) is 0 Å². The highest BCUT2D eigenvalue weighted by atomic mass is 14.7. The predicted octanol–water partition coefficient (Wildman–Crippen LogP) is 2.93. The first-order valence-corrected chi connectivity index (χ1v) is 4.74. The first-order valence-electron chi connectivity index (χ1n) is 4.74. The van der Waals surface area contributed by atoms with Crippen molar-refractivity contribution in [3.8, 4) is 11.8 Å².